The molecule has 0 aliphatic carbocycles. The minimum absolute atomic E-state index is 0.0363. The van der Waals surface area contributed by atoms with Crippen LogP contribution in [0.2, 0.25) is 0 Å². The lowest BCUT2D eigenvalue weighted by atomic mass is 10.0. The second-order valence-corrected chi connectivity index (χ2v) is 5.23. The van der Waals surface area contributed by atoms with Crippen LogP contribution in [0.1, 0.15) is 46.1 Å². The summed E-state index contributed by atoms with van der Waals surface area (Å²) in [5.74, 6) is 0.934. The average Bonchev–Trinajstić information content (AvgIpc) is 2.43. The molecule has 0 amide bonds. The van der Waals surface area contributed by atoms with Crippen LogP contribution < -0.4 is 9.47 Å². The van der Waals surface area contributed by atoms with E-state index in [0.29, 0.717) is 49.5 Å². The minimum Gasteiger partial charge on any atom is -0.490 e. The maximum atomic E-state index is 14.1. The Morgan fingerprint density at radius 2 is 1.71 bits per heavy atom. The number of ether oxygens (including phenoxy) is 2. The zero-order valence-electron chi connectivity index (χ0n) is 13.4. The van der Waals surface area contributed by atoms with Gasteiger partial charge in [-0.25, -0.2) is 4.39 Å². The predicted octanol–water partition coefficient (Wildman–Crippen LogP) is 4.17. The number of halogens is 1. The van der Waals surface area contributed by atoms with Gasteiger partial charge in [-0.15, -0.1) is 0 Å². The first kappa shape index (κ1) is 17.5. The molecule has 118 valence electrons. The van der Waals surface area contributed by atoms with Crippen molar-refractivity contribution in [2.24, 2.45) is 5.92 Å². The number of rotatable bonds is 9. The molecule has 1 aromatic carbocycles. The Morgan fingerprint density at radius 1 is 1.14 bits per heavy atom. The fourth-order valence-corrected chi connectivity index (χ4v) is 2.05. The van der Waals surface area contributed by atoms with Crippen LogP contribution in [0.4, 0.5) is 4.39 Å². The first-order valence-corrected chi connectivity index (χ1v) is 7.60. The first-order chi connectivity index (χ1) is 9.99. The fraction of sp³-hybridized carbons (Fsp3) is 0.588. The molecular formula is C17H25FO3. The van der Waals surface area contributed by atoms with E-state index in [4.69, 9.17) is 9.47 Å². The number of aryl methyl sites for hydroxylation is 1. The van der Waals surface area contributed by atoms with E-state index in [-0.39, 0.29) is 17.5 Å². The highest BCUT2D eigenvalue weighted by atomic mass is 19.1. The molecule has 3 nitrogen and oxygen atoms in total. The number of Topliss-reactive ketones (excluding diaryl/α,β-unsaturated/α-hetero) is 1. The molecule has 21 heavy (non-hydrogen) atoms. The number of hydrogen-bond acceptors (Lipinski definition) is 3. The largest absolute Gasteiger partial charge is 0.490 e. The summed E-state index contributed by atoms with van der Waals surface area (Å²) in [4.78, 5) is 11.6. The molecule has 0 aliphatic rings. The molecular weight excluding hydrogens is 271 g/mol. The number of carbonyl (C=O) groups is 1. The molecule has 0 unspecified atom stereocenters. The lowest BCUT2D eigenvalue weighted by Crippen LogP contribution is -2.07. The van der Waals surface area contributed by atoms with Gasteiger partial charge in [0.2, 0.25) is 0 Å². The molecule has 0 aromatic heterocycles. The number of hydrogen-bond donors (Lipinski definition) is 0. The van der Waals surface area contributed by atoms with Crippen LogP contribution in [0.25, 0.3) is 0 Å². The Morgan fingerprint density at radius 3 is 2.24 bits per heavy atom. The van der Waals surface area contributed by atoms with Gasteiger partial charge in [-0.2, -0.15) is 0 Å². The number of benzene rings is 1. The highest BCUT2D eigenvalue weighted by Gasteiger charge is 2.13. The summed E-state index contributed by atoms with van der Waals surface area (Å²) in [6.07, 6.45) is 1.65. The predicted molar refractivity (Wildman–Crippen MR) is 81.5 cm³/mol. The van der Waals surface area contributed by atoms with Gasteiger partial charge < -0.3 is 9.47 Å². The minimum atomic E-state index is -0.307. The molecule has 0 bridgehead atoms. The van der Waals surface area contributed by atoms with Gasteiger partial charge in [0.25, 0.3) is 0 Å². The Balaban J connectivity index is 2.77. The Labute approximate surface area is 126 Å². The van der Waals surface area contributed by atoms with Crippen molar-refractivity contribution in [1.29, 1.82) is 0 Å². The summed E-state index contributed by atoms with van der Waals surface area (Å²) in [5, 5.41) is 0. The topological polar surface area (TPSA) is 35.5 Å². The molecule has 0 heterocycles. The number of carbonyl (C=O) groups excluding carboxylic acids is 1. The Bertz CT molecular complexity index is 469. The average molecular weight is 296 g/mol. The molecule has 1 aromatic rings. The second-order valence-electron chi connectivity index (χ2n) is 5.23. The Hall–Kier alpha value is -1.58. The van der Waals surface area contributed by atoms with Crippen LogP contribution in [0.15, 0.2) is 12.1 Å². The van der Waals surface area contributed by atoms with Gasteiger partial charge in [0, 0.05) is 18.4 Å². The number of ketones is 1. The third-order valence-electron chi connectivity index (χ3n) is 3.23. The summed E-state index contributed by atoms with van der Waals surface area (Å²) in [6, 6.07) is 3.05. The molecule has 0 fully saturated rings. The van der Waals surface area contributed by atoms with Crippen molar-refractivity contribution in [3.05, 3.63) is 23.5 Å². The van der Waals surface area contributed by atoms with Gasteiger partial charge in [0.1, 0.15) is 11.6 Å². The summed E-state index contributed by atoms with van der Waals surface area (Å²) < 4.78 is 24.9. The fourth-order valence-electron chi connectivity index (χ4n) is 2.05. The molecule has 0 saturated carbocycles. The lowest BCUT2D eigenvalue weighted by molar-refractivity contribution is -0.121. The molecule has 4 heteroatoms. The molecule has 0 atom stereocenters. The zero-order chi connectivity index (χ0) is 15.8. The van der Waals surface area contributed by atoms with Crippen molar-refractivity contribution in [2.75, 3.05) is 13.2 Å². The van der Waals surface area contributed by atoms with Crippen molar-refractivity contribution in [3.8, 4) is 11.5 Å². The van der Waals surface area contributed by atoms with Crippen LogP contribution in [-0.2, 0) is 11.2 Å². The molecule has 0 N–H and O–H groups in total. The van der Waals surface area contributed by atoms with Crippen LogP contribution >= 0.6 is 0 Å². The zero-order valence-corrected chi connectivity index (χ0v) is 13.4. The summed E-state index contributed by atoms with van der Waals surface area (Å²) in [7, 11) is 0. The summed E-state index contributed by atoms with van der Waals surface area (Å²) in [5.41, 5.74) is 0.568. The van der Waals surface area contributed by atoms with Gasteiger partial charge in [0.15, 0.2) is 11.5 Å². The standard InChI is InChI=1S/C17H25FO3/c1-5-20-16-10-13(8-7-9-15(19)12(3)4)14(18)11-17(16)21-6-2/h10-12H,5-9H2,1-4H3. The van der Waals surface area contributed by atoms with Gasteiger partial charge in [-0.05, 0) is 38.3 Å². The lowest BCUT2D eigenvalue weighted by Gasteiger charge is -2.13. The SMILES string of the molecule is CCOc1cc(F)c(CCCC(=O)C(C)C)cc1OCC. The van der Waals surface area contributed by atoms with Gasteiger partial charge in [0.05, 0.1) is 13.2 Å². The van der Waals surface area contributed by atoms with E-state index in [9.17, 15) is 9.18 Å². The third kappa shape index (κ3) is 5.37. The van der Waals surface area contributed by atoms with Crippen molar-refractivity contribution >= 4 is 5.78 Å². The van der Waals surface area contributed by atoms with Gasteiger partial charge in [-0.1, -0.05) is 13.8 Å². The van der Waals surface area contributed by atoms with Crippen LogP contribution in [0, 0.1) is 11.7 Å². The van der Waals surface area contributed by atoms with Crippen molar-refractivity contribution < 1.29 is 18.7 Å². The van der Waals surface area contributed by atoms with Crippen LogP contribution in [0.5, 0.6) is 11.5 Å². The van der Waals surface area contributed by atoms with E-state index in [1.165, 1.54) is 6.07 Å². The molecule has 0 aliphatic heterocycles. The van der Waals surface area contributed by atoms with Gasteiger partial charge in [-0.3, -0.25) is 4.79 Å². The maximum absolute atomic E-state index is 14.1. The van der Waals surface area contributed by atoms with E-state index >= 15 is 0 Å². The van der Waals surface area contributed by atoms with Crippen molar-refractivity contribution in [1.82, 2.24) is 0 Å². The normalized spacial score (nSPS) is 10.8. The highest BCUT2D eigenvalue weighted by molar-refractivity contribution is 5.80. The van der Waals surface area contributed by atoms with E-state index < -0.39 is 0 Å². The molecule has 0 spiro atoms. The molecule has 0 radical (unpaired) electrons. The second kappa shape index (κ2) is 8.65. The summed E-state index contributed by atoms with van der Waals surface area (Å²) in [6.45, 7) is 8.44. The van der Waals surface area contributed by atoms with E-state index in [1.807, 2.05) is 27.7 Å². The van der Waals surface area contributed by atoms with E-state index in [0.717, 1.165) is 0 Å². The Kier molecular flexibility index (Phi) is 7.20. The quantitative estimate of drug-likeness (QED) is 0.686. The van der Waals surface area contributed by atoms with E-state index in [1.54, 1.807) is 6.07 Å². The highest BCUT2D eigenvalue weighted by Crippen LogP contribution is 2.31. The van der Waals surface area contributed by atoms with Crippen molar-refractivity contribution in [2.45, 2.75) is 47.0 Å². The van der Waals surface area contributed by atoms with Crippen LogP contribution in [-0.4, -0.2) is 19.0 Å². The van der Waals surface area contributed by atoms with Crippen molar-refractivity contribution in [3.63, 3.8) is 0 Å². The maximum Gasteiger partial charge on any atom is 0.164 e. The van der Waals surface area contributed by atoms with Crippen LogP contribution in [0.3, 0.4) is 0 Å². The molecule has 1 rings (SSSR count). The molecule has 0 saturated heterocycles. The van der Waals surface area contributed by atoms with Gasteiger partial charge >= 0.3 is 0 Å². The smallest absolute Gasteiger partial charge is 0.164 e. The van der Waals surface area contributed by atoms with E-state index in [2.05, 4.69) is 0 Å². The summed E-state index contributed by atoms with van der Waals surface area (Å²) >= 11 is 0. The monoisotopic (exact) mass is 296 g/mol. The first-order valence-electron chi connectivity index (χ1n) is 7.60. The third-order valence-corrected chi connectivity index (χ3v) is 3.23.